The van der Waals surface area contributed by atoms with Gasteiger partial charge in [0.15, 0.2) is 0 Å². The molecule has 0 N–H and O–H groups in total. The fourth-order valence-electron chi connectivity index (χ4n) is 5.31. The van der Waals surface area contributed by atoms with Gasteiger partial charge < -0.3 is 0 Å². The molecule has 0 amide bonds. The quantitative estimate of drug-likeness (QED) is 0.476. The van der Waals surface area contributed by atoms with E-state index in [0.717, 1.165) is 36.5 Å². The molecule has 4 atom stereocenters. The second-order valence-electron chi connectivity index (χ2n) is 7.73. The van der Waals surface area contributed by atoms with Crippen LogP contribution in [-0.2, 0) is 6.42 Å². The normalized spacial score (nSPS) is 27.4. The van der Waals surface area contributed by atoms with Gasteiger partial charge in [-0.25, -0.2) is 13.2 Å². The summed E-state index contributed by atoms with van der Waals surface area (Å²) in [5.41, 5.74) is 2.39. The van der Waals surface area contributed by atoms with Gasteiger partial charge in [-0.3, -0.25) is 0 Å². The summed E-state index contributed by atoms with van der Waals surface area (Å²) in [6.45, 7) is 1.99. The first-order chi connectivity index (χ1) is 13.0. The van der Waals surface area contributed by atoms with Gasteiger partial charge in [0.2, 0.25) is 0 Å². The summed E-state index contributed by atoms with van der Waals surface area (Å²) in [6, 6.07) is 7.53. The van der Waals surface area contributed by atoms with Crippen LogP contribution in [0.5, 0.6) is 0 Å². The minimum absolute atomic E-state index is 0.101. The van der Waals surface area contributed by atoms with Gasteiger partial charge >= 0.3 is 0 Å². The molecule has 4 unspecified atom stereocenters. The number of hydrogen-bond donors (Lipinski definition) is 0. The lowest BCUT2D eigenvalue weighted by molar-refractivity contribution is 0.193. The summed E-state index contributed by atoms with van der Waals surface area (Å²) < 4.78 is 42.4. The first-order valence-corrected chi connectivity index (χ1v) is 9.93. The molecule has 0 nitrogen and oxygen atoms in total. The third-order valence-electron chi connectivity index (χ3n) is 6.34. The van der Waals surface area contributed by atoms with Crippen LogP contribution in [0.15, 0.2) is 42.5 Å². The maximum absolute atomic E-state index is 14.3. The number of halogens is 4. The highest BCUT2D eigenvalue weighted by Gasteiger charge is 2.43. The number of hydrogen-bond acceptors (Lipinski definition) is 0. The molecule has 0 heterocycles. The lowest BCUT2D eigenvalue weighted by atomic mass is 9.58. The molecule has 2 aromatic rings. The summed E-state index contributed by atoms with van der Waals surface area (Å²) in [5, 5.41) is 0.117. The molecule has 4 rings (SSSR count). The van der Waals surface area contributed by atoms with E-state index in [9.17, 15) is 13.2 Å². The third kappa shape index (κ3) is 3.31. The summed E-state index contributed by atoms with van der Waals surface area (Å²) in [5.74, 6) is -0.630. The van der Waals surface area contributed by atoms with E-state index in [0.29, 0.717) is 12.0 Å². The molecule has 0 saturated heterocycles. The lowest BCUT2D eigenvalue weighted by Crippen LogP contribution is -2.35. The molecule has 1 fully saturated rings. The zero-order valence-electron chi connectivity index (χ0n) is 15.2. The van der Waals surface area contributed by atoms with Crippen LogP contribution in [0, 0.1) is 29.3 Å². The van der Waals surface area contributed by atoms with E-state index in [-0.39, 0.29) is 28.7 Å². The largest absolute Gasteiger partial charge is 0.207 e. The van der Waals surface area contributed by atoms with Gasteiger partial charge in [-0.05, 0) is 91.2 Å². The van der Waals surface area contributed by atoms with Gasteiger partial charge in [0.1, 0.15) is 17.5 Å². The Balaban J connectivity index is 1.79. The molecule has 27 heavy (non-hydrogen) atoms. The SMILES string of the molecule is CC=CC1CCC2c3cc(F)cc(F)c3CCC2C1c1ccc(Cl)c(F)c1. The Morgan fingerprint density at radius 2 is 1.81 bits per heavy atom. The van der Waals surface area contributed by atoms with E-state index in [1.165, 1.54) is 12.1 Å². The standard InChI is InChI=1S/C23H22ClF3/c1-2-3-13-4-6-16-18(23(13)14-5-9-20(24)22(27)10-14)8-7-17-19(16)11-15(25)12-21(17)26/h2-3,5,9-13,16,18,23H,4,6-8H2,1H3. The molecule has 0 radical (unpaired) electrons. The van der Waals surface area contributed by atoms with Crippen molar-refractivity contribution in [2.45, 2.75) is 44.4 Å². The van der Waals surface area contributed by atoms with Crippen LogP contribution in [0.3, 0.4) is 0 Å². The third-order valence-corrected chi connectivity index (χ3v) is 6.65. The fraction of sp³-hybridized carbons (Fsp3) is 0.391. The van der Waals surface area contributed by atoms with Gasteiger partial charge in [0.05, 0.1) is 5.02 Å². The number of benzene rings is 2. The lowest BCUT2D eigenvalue weighted by Gasteiger charge is -2.46. The highest BCUT2D eigenvalue weighted by molar-refractivity contribution is 6.30. The summed E-state index contributed by atoms with van der Waals surface area (Å²) in [7, 11) is 0. The summed E-state index contributed by atoms with van der Waals surface area (Å²) in [6.07, 6.45) is 7.45. The van der Waals surface area contributed by atoms with Crippen molar-refractivity contribution in [2.75, 3.05) is 0 Å². The van der Waals surface area contributed by atoms with E-state index in [1.54, 1.807) is 6.07 Å². The van der Waals surface area contributed by atoms with E-state index in [2.05, 4.69) is 6.08 Å². The molecular weight excluding hydrogens is 369 g/mol. The Hall–Kier alpha value is -1.74. The Bertz CT molecular complexity index is 889. The molecule has 0 aromatic heterocycles. The summed E-state index contributed by atoms with van der Waals surface area (Å²) in [4.78, 5) is 0. The topological polar surface area (TPSA) is 0 Å². The molecule has 2 aromatic carbocycles. The number of allylic oxidation sites excluding steroid dienone is 2. The van der Waals surface area contributed by atoms with Crippen LogP contribution in [0.25, 0.3) is 0 Å². The van der Waals surface area contributed by atoms with E-state index >= 15 is 0 Å². The molecular formula is C23H22ClF3. The predicted octanol–water partition coefficient (Wildman–Crippen LogP) is 7.17. The predicted molar refractivity (Wildman–Crippen MR) is 103 cm³/mol. The molecule has 2 aliphatic rings. The number of rotatable bonds is 2. The minimum atomic E-state index is -0.517. The van der Waals surface area contributed by atoms with Crippen molar-refractivity contribution in [3.05, 3.63) is 81.6 Å². The monoisotopic (exact) mass is 390 g/mol. The first kappa shape index (κ1) is 18.6. The molecule has 1 saturated carbocycles. The zero-order valence-corrected chi connectivity index (χ0v) is 15.9. The zero-order chi connectivity index (χ0) is 19.1. The Labute approximate surface area is 163 Å². The fourth-order valence-corrected chi connectivity index (χ4v) is 5.42. The van der Waals surface area contributed by atoms with E-state index in [1.807, 2.05) is 19.1 Å². The second-order valence-corrected chi connectivity index (χ2v) is 8.14. The molecule has 4 heteroatoms. The van der Waals surface area contributed by atoms with Crippen molar-refractivity contribution in [2.24, 2.45) is 11.8 Å². The van der Waals surface area contributed by atoms with Crippen LogP contribution in [-0.4, -0.2) is 0 Å². The van der Waals surface area contributed by atoms with Crippen LogP contribution in [0.4, 0.5) is 13.2 Å². The average Bonchev–Trinajstić information content (AvgIpc) is 2.64. The highest BCUT2D eigenvalue weighted by atomic mass is 35.5. The molecule has 142 valence electrons. The first-order valence-electron chi connectivity index (χ1n) is 9.55. The van der Waals surface area contributed by atoms with Gasteiger partial charge in [-0.15, -0.1) is 0 Å². The van der Waals surface area contributed by atoms with Gasteiger partial charge in [-0.2, -0.15) is 0 Å². The van der Waals surface area contributed by atoms with Crippen LogP contribution >= 0.6 is 11.6 Å². The van der Waals surface area contributed by atoms with E-state index in [4.69, 9.17) is 11.6 Å². The van der Waals surface area contributed by atoms with E-state index < -0.39 is 17.5 Å². The summed E-state index contributed by atoms with van der Waals surface area (Å²) >= 11 is 5.88. The Kier molecular flexibility index (Phi) is 5.07. The van der Waals surface area contributed by atoms with Crippen LogP contribution < -0.4 is 0 Å². The van der Waals surface area contributed by atoms with Crippen LogP contribution in [0.2, 0.25) is 5.02 Å². The second kappa shape index (κ2) is 7.35. The van der Waals surface area contributed by atoms with Crippen LogP contribution in [0.1, 0.15) is 54.7 Å². The van der Waals surface area contributed by atoms with Crippen molar-refractivity contribution in [3.8, 4) is 0 Å². The maximum atomic E-state index is 14.3. The molecule has 0 aliphatic heterocycles. The van der Waals surface area contributed by atoms with Gasteiger partial charge in [0, 0.05) is 6.07 Å². The van der Waals surface area contributed by atoms with Crippen molar-refractivity contribution >= 4 is 11.6 Å². The molecule has 0 bridgehead atoms. The smallest absolute Gasteiger partial charge is 0.142 e. The molecule has 0 spiro atoms. The van der Waals surface area contributed by atoms with Crippen molar-refractivity contribution in [1.82, 2.24) is 0 Å². The van der Waals surface area contributed by atoms with Gasteiger partial charge in [-0.1, -0.05) is 29.8 Å². The minimum Gasteiger partial charge on any atom is -0.207 e. The van der Waals surface area contributed by atoms with Crippen molar-refractivity contribution < 1.29 is 13.2 Å². The Morgan fingerprint density at radius 3 is 2.56 bits per heavy atom. The van der Waals surface area contributed by atoms with Gasteiger partial charge in [0.25, 0.3) is 0 Å². The maximum Gasteiger partial charge on any atom is 0.142 e. The average molecular weight is 391 g/mol. The van der Waals surface area contributed by atoms with Crippen molar-refractivity contribution in [3.63, 3.8) is 0 Å². The highest BCUT2D eigenvalue weighted by Crippen LogP contribution is 2.54. The Morgan fingerprint density at radius 1 is 1.00 bits per heavy atom. The van der Waals surface area contributed by atoms with Crippen molar-refractivity contribution in [1.29, 1.82) is 0 Å². The number of fused-ring (bicyclic) bond motifs is 3. The molecule has 2 aliphatic carbocycles.